The normalized spacial score (nSPS) is 15.3. The third kappa shape index (κ3) is 2.74. The number of amides is 1. The first-order valence-corrected chi connectivity index (χ1v) is 7.20. The van der Waals surface area contributed by atoms with Crippen LogP contribution < -0.4 is 11.1 Å². The number of carboxylic acids is 1. The van der Waals surface area contributed by atoms with Crippen LogP contribution in [0, 0.1) is 0 Å². The van der Waals surface area contributed by atoms with Gasteiger partial charge in [0.25, 0.3) is 0 Å². The number of benzene rings is 1. The fourth-order valence-electron chi connectivity index (χ4n) is 2.83. The van der Waals surface area contributed by atoms with Crippen molar-refractivity contribution in [1.82, 2.24) is 9.88 Å². The number of nitrogens with zero attached hydrogens (tertiary/aromatic N) is 1. The molecule has 0 spiro atoms. The zero-order chi connectivity index (χ0) is 15.7. The Balaban J connectivity index is 1.87. The number of carboxylic acid groups (broad SMARTS) is 1. The molecular weight excluding hydrogens is 288 g/mol. The number of nitrogens with one attached hydrogen (secondary N) is 1. The van der Waals surface area contributed by atoms with Crippen molar-refractivity contribution in [2.45, 2.75) is 38.3 Å². The van der Waals surface area contributed by atoms with Crippen molar-refractivity contribution in [3.8, 4) is 0 Å². The summed E-state index contributed by atoms with van der Waals surface area (Å²) in [6, 6.07) is 4.28. The summed E-state index contributed by atoms with van der Waals surface area (Å²) in [4.78, 5) is 34.9. The summed E-state index contributed by atoms with van der Waals surface area (Å²) in [5.41, 5.74) is 0.619. The molecule has 1 aromatic carbocycles. The van der Waals surface area contributed by atoms with Gasteiger partial charge in [-0.05, 0) is 31.0 Å². The Morgan fingerprint density at radius 3 is 2.73 bits per heavy atom. The first kappa shape index (κ1) is 14.4. The van der Waals surface area contributed by atoms with Gasteiger partial charge in [-0.1, -0.05) is 12.8 Å². The number of rotatable bonds is 4. The van der Waals surface area contributed by atoms with Crippen molar-refractivity contribution < 1.29 is 19.1 Å². The first-order chi connectivity index (χ1) is 10.5. The van der Waals surface area contributed by atoms with E-state index in [1.54, 1.807) is 0 Å². The lowest BCUT2D eigenvalue weighted by molar-refractivity contribution is -0.122. The monoisotopic (exact) mass is 304 g/mol. The molecule has 0 atom stereocenters. The molecule has 1 fully saturated rings. The summed E-state index contributed by atoms with van der Waals surface area (Å²) in [5, 5.41) is 11.9. The lowest BCUT2D eigenvalue weighted by Crippen LogP contribution is -2.36. The first-order valence-electron chi connectivity index (χ1n) is 7.20. The minimum atomic E-state index is -1.10. The molecule has 1 heterocycles. The van der Waals surface area contributed by atoms with Crippen LogP contribution in [0.4, 0.5) is 0 Å². The summed E-state index contributed by atoms with van der Waals surface area (Å²) in [6.07, 6.45) is 4.11. The van der Waals surface area contributed by atoms with Gasteiger partial charge in [0.15, 0.2) is 5.58 Å². The Morgan fingerprint density at radius 1 is 1.32 bits per heavy atom. The van der Waals surface area contributed by atoms with Gasteiger partial charge in [-0.25, -0.2) is 9.59 Å². The SMILES string of the molecule is O=C(Cn1c(=O)oc2ccc(C(=O)O)cc21)NC1CCCC1. The molecule has 0 radical (unpaired) electrons. The number of oxazole rings is 1. The van der Waals surface area contributed by atoms with Gasteiger partial charge in [-0.2, -0.15) is 0 Å². The summed E-state index contributed by atoms with van der Waals surface area (Å²) in [5.74, 6) is -2.03. The highest BCUT2D eigenvalue weighted by molar-refractivity contribution is 5.92. The zero-order valence-electron chi connectivity index (χ0n) is 11.9. The minimum absolute atomic E-state index is 0.0400. The molecule has 0 saturated heterocycles. The van der Waals surface area contributed by atoms with E-state index in [2.05, 4.69) is 5.32 Å². The van der Waals surface area contributed by atoms with E-state index in [9.17, 15) is 14.4 Å². The number of hydrogen-bond acceptors (Lipinski definition) is 4. The van der Waals surface area contributed by atoms with Gasteiger partial charge in [0.1, 0.15) is 6.54 Å². The second-order valence-electron chi connectivity index (χ2n) is 5.49. The Morgan fingerprint density at radius 2 is 2.05 bits per heavy atom. The molecule has 1 saturated carbocycles. The van der Waals surface area contributed by atoms with Crippen LogP contribution in [0.1, 0.15) is 36.0 Å². The topological polar surface area (TPSA) is 102 Å². The predicted molar refractivity (Wildman–Crippen MR) is 77.8 cm³/mol. The van der Waals surface area contributed by atoms with E-state index in [1.807, 2.05) is 0 Å². The number of carbonyl (C=O) groups is 2. The molecule has 2 aromatic rings. The highest BCUT2D eigenvalue weighted by Gasteiger charge is 2.19. The van der Waals surface area contributed by atoms with Crippen LogP contribution in [0.5, 0.6) is 0 Å². The molecule has 0 aliphatic heterocycles. The summed E-state index contributed by atoms with van der Waals surface area (Å²) in [7, 11) is 0. The lowest BCUT2D eigenvalue weighted by atomic mass is 10.2. The molecule has 2 N–H and O–H groups in total. The molecular formula is C15H16N2O5. The van der Waals surface area contributed by atoms with Crippen molar-refractivity contribution in [1.29, 1.82) is 0 Å². The van der Waals surface area contributed by atoms with Gasteiger partial charge in [-0.3, -0.25) is 9.36 Å². The maximum atomic E-state index is 12.1. The molecule has 0 bridgehead atoms. The van der Waals surface area contributed by atoms with E-state index in [0.717, 1.165) is 30.3 Å². The van der Waals surface area contributed by atoms with Crippen LogP contribution in [0.3, 0.4) is 0 Å². The second kappa shape index (κ2) is 5.67. The smallest absolute Gasteiger partial charge is 0.420 e. The number of aromatic carboxylic acids is 1. The maximum absolute atomic E-state index is 12.1. The molecule has 22 heavy (non-hydrogen) atoms. The highest BCUT2D eigenvalue weighted by Crippen LogP contribution is 2.18. The molecule has 1 aromatic heterocycles. The number of carbonyl (C=O) groups excluding carboxylic acids is 1. The fourth-order valence-corrected chi connectivity index (χ4v) is 2.83. The van der Waals surface area contributed by atoms with Gasteiger partial charge in [-0.15, -0.1) is 0 Å². The van der Waals surface area contributed by atoms with Crippen LogP contribution in [-0.4, -0.2) is 27.6 Å². The number of aromatic nitrogens is 1. The Bertz CT molecular complexity index is 783. The average Bonchev–Trinajstić information content (AvgIpc) is 3.07. The van der Waals surface area contributed by atoms with Gasteiger partial charge >= 0.3 is 11.7 Å². The van der Waals surface area contributed by atoms with E-state index in [4.69, 9.17) is 9.52 Å². The van der Waals surface area contributed by atoms with Crippen LogP contribution in [-0.2, 0) is 11.3 Å². The highest BCUT2D eigenvalue weighted by atomic mass is 16.4. The van der Waals surface area contributed by atoms with Gasteiger partial charge < -0.3 is 14.8 Å². The predicted octanol–water partition coefficient (Wildman–Crippen LogP) is 1.35. The van der Waals surface area contributed by atoms with Crippen molar-refractivity contribution in [2.24, 2.45) is 0 Å². The van der Waals surface area contributed by atoms with Crippen LogP contribution >= 0.6 is 0 Å². The third-order valence-electron chi connectivity index (χ3n) is 3.94. The molecule has 1 aliphatic rings. The van der Waals surface area contributed by atoms with Crippen LogP contribution in [0.15, 0.2) is 27.4 Å². The van der Waals surface area contributed by atoms with Crippen molar-refractivity contribution in [3.05, 3.63) is 34.3 Å². The van der Waals surface area contributed by atoms with Gasteiger partial charge in [0, 0.05) is 6.04 Å². The molecule has 1 aliphatic carbocycles. The third-order valence-corrected chi connectivity index (χ3v) is 3.94. The lowest BCUT2D eigenvalue weighted by Gasteiger charge is -2.11. The van der Waals surface area contributed by atoms with E-state index >= 15 is 0 Å². The van der Waals surface area contributed by atoms with Gasteiger partial charge in [0.2, 0.25) is 5.91 Å². The van der Waals surface area contributed by atoms with Crippen LogP contribution in [0.25, 0.3) is 11.1 Å². The summed E-state index contributed by atoms with van der Waals surface area (Å²) in [6.45, 7) is -0.175. The van der Waals surface area contributed by atoms with Gasteiger partial charge in [0.05, 0.1) is 11.1 Å². The summed E-state index contributed by atoms with van der Waals surface area (Å²) >= 11 is 0. The second-order valence-corrected chi connectivity index (χ2v) is 5.49. The maximum Gasteiger partial charge on any atom is 0.420 e. The molecule has 7 nitrogen and oxygen atoms in total. The molecule has 7 heteroatoms. The zero-order valence-corrected chi connectivity index (χ0v) is 11.9. The standard InChI is InChI=1S/C15H16N2O5/c18-13(16-10-3-1-2-4-10)8-17-11-7-9(14(19)20)5-6-12(11)22-15(17)21/h5-7,10H,1-4,8H2,(H,16,18)(H,19,20). The summed E-state index contributed by atoms with van der Waals surface area (Å²) < 4.78 is 6.20. The van der Waals surface area contributed by atoms with Crippen molar-refractivity contribution >= 4 is 23.0 Å². The van der Waals surface area contributed by atoms with Crippen LogP contribution in [0.2, 0.25) is 0 Å². The number of fused-ring (bicyclic) bond motifs is 1. The molecule has 3 rings (SSSR count). The van der Waals surface area contributed by atoms with E-state index in [1.165, 1.54) is 18.2 Å². The Hall–Kier alpha value is -2.57. The average molecular weight is 304 g/mol. The Labute approximate surface area is 125 Å². The van der Waals surface area contributed by atoms with E-state index in [-0.39, 0.29) is 29.6 Å². The van der Waals surface area contributed by atoms with Crippen molar-refractivity contribution in [2.75, 3.05) is 0 Å². The largest absolute Gasteiger partial charge is 0.478 e. The van der Waals surface area contributed by atoms with E-state index in [0.29, 0.717) is 5.52 Å². The molecule has 1 amide bonds. The molecule has 0 unspecified atom stereocenters. The van der Waals surface area contributed by atoms with Crippen molar-refractivity contribution in [3.63, 3.8) is 0 Å². The fraction of sp³-hybridized carbons (Fsp3) is 0.400. The Kier molecular flexibility index (Phi) is 3.70. The molecule has 116 valence electrons. The van der Waals surface area contributed by atoms with E-state index < -0.39 is 11.7 Å². The number of hydrogen-bond donors (Lipinski definition) is 2. The minimum Gasteiger partial charge on any atom is -0.478 e. The quantitative estimate of drug-likeness (QED) is 0.888.